The number of aromatic amines is 2. The van der Waals surface area contributed by atoms with Gasteiger partial charge >= 0.3 is 17.8 Å². The molecule has 1 aromatic carbocycles. The summed E-state index contributed by atoms with van der Waals surface area (Å²) in [5.74, 6) is -3.00. The fourth-order valence-electron chi connectivity index (χ4n) is 2.91. The van der Waals surface area contributed by atoms with Crippen molar-refractivity contribution in [1.29, 1.82) is 0 Å². The molecule has 1 aromatic heterocycles. The van der Waals surface area contributed by atoms with Crippen LogP contribution in [0, 0.1) is 0 Å². The molecule has 1 aliphatic rings. The van der Waals surface area contributed by atoms with Crippen molar-refractivity contribution < 1.29 is 41.4 Å². The molecule has 1 unspecified atom stereocenters. The van der Waals surface area contributed by atoms with Crippen molar-refractivity contribution in [3.05, 3.63) is 28.7 Å². The zero-order valence-corrected chi connectivity index (χ0v) is 17.8. The van der Waals surface area contributed by atoms with Crippen molar-refractivity contribution in [2.75, 3.05) is 32.7 Å². The predicted octanol–water partition coefficient (Wildman–Crippen LogP) is -0.968. The molecule has 1 saturated heterocycles. The molecule has 184 valence electrons. The van der Waals surface area contributed by atoms with Crippen LogP contribution in [-0.4, -0.2) is 94.7 Å². The van der Waals surface area contributed by atoms with Crippen LogP contribution in [-0.2, 0) is 19.6 Å². The number of carbonyl (C=O) groups is 2. The number of hydrogen-bond donors (Lipinski definition) is 5. The van der Waals surface area contributed by atoms with E-state index in [4.69, 9.17) is 15.6 Å². The van der Waals surface area contributed by atoms with Gasteiger partial charge in [-0.1, -0.05) is 0 Å². The molecule has 3 rings (SSSR count). The molecule has 33 heavy (non-hydrogen) atoms. The number of fused-ring (bicyclic) bond motifs is 1. The highest BCUT2D eigenvalue weighted by molar-refractivity contribution is 7.89. The first-order valence-electron chi connectivity index (χ1n) is 9.44. The number of aromatic nitrogens is 2. The molecule has 2 aromatic rings. The number of benzene rings is 1. The van der Waals surface area contributed by atoms with Crippen LogP contribution in [0.4, 0.5) is 13.2 Å². The molecule has 12 nitrogen and oxygen atoms in total. The van der Waals surface area contributed by atoms with Gasteiger partial charge in [0.25, 0.3) is 0 Å². The molecule has 1 aliphatic heterocycles. The lowest BCUT2D eigenvalue weighted by atomic mass is 10.2. The standard InChI is InChI=1S/C15H21N5O5S.C2HF3O2/c16-9-10(21)7-14(22)19-3-5-20(6-4-19)26(24,25)11-1-2-12-13(8-11)18-15(23)17-12;3-2(4,5)1(6)7/h1-2,8,10,21H,3-7,9,16H2,(H2,17,18,23);(H,6,7). The third kappa shape index (κ3) is 6.77. The van der Waals surface area contributed by atoms with E-state index >= 15 is 0 Å². The number of aliphatic hydroxyl groups is 1. The number of carbonyl (C=O) groups excluding carboxylic acids is 1. The maximum Gasteiger partial charge on any atom is 0.490 e. The van der Waals surface area contributed by atoms with E-state index in [1.165, 1.54) is 27.4 Å². The number of carboxylic acid groups (broad SMARTS) is 1. The van der Waals surface area contributed by atoms with Crippen LogP contribution < -0.4 is 11.4 Å². The van der Waals surface area contributed by atoms with E-state index in [0.717, 1.165) is 0 Å². The fraction of sp³-hybridized carbons (Fsp3) is 0.471. The molecule has 0 saturated carbocycles. The van der Waals surface area contributed by atoms with Gasteiger partial charge in [-0.2, -0.15) is 17.5 Å². The Hall–Kier alpha value is -2.95. The van der Waals surface area contributed by atoms with Gasteiger partial charge < -0.3 is 30.8 Å². The van der Waals surface area contributed by atoms with E-state index in [2.05, 4.69) is 9.97 Å². The van der Waals surface area contributed by atoms with Gasteiger partial charge in [0.05, 0.1) is 28.5 Å². The molecule has 0 spiro atoms. The van der Waals surface area contributed by atoms with Crippen LogP contribution in [0.3, 0.4) is 0 Å². The quantitative estimate of drug-likeness (QED) is 0.349. The summed E-state index contributed by atoms with van der Waals surface area (Å²) in [5.41, 5.74) is 5.85. The van der Waals surface area contributed by atoms with E-state index in [-0.39, 0.29) is 49.9 Å². The lowest BCUT2D eigenvalue weighted by Gasteiger charge is -2.34. The second kappa shape index (κ2) is 10.3. The number of hydrogen-bond acceptors (Lipinski definition) is 7. The Kier molecular flexibility index (Phi) is 8.23. The molecule has 16 heteroatoms. The Bertz CT molecular complexity index is 1150. The number of imidazole rings is 1. The average molecular weight is 497 g/mol. The number of aliphatic hydroxyl groups excluding tert-OH is 1. The minimum absolute atomic E-state index is 0.00378. The van der Waals surface area contributed by atoms with Gasteiger partial charge in [-0.15, -0.1) is 0 Å². The van der Waals surface area contributed by atoms with Crippen molar-refractivity contribution >= 4 is 32.9 Å². The van der Waals surface area contributed by atoms with Gasteiger partial charge in [0.15, 0.2) is 0 Å². The fourth-order valence-corrected chi connectivity index (χ4v) is 4.36. The molecular formula is C17H22F3N5O7S. The molecular weight excluding hydrogens is 475 g/mol. The van der Waals surface area contributed by atoms with Crippen molar-refractivity contribution in [3.8, 4) is 0 Å². The molecule has 0 bridgehead atoms. The van der Waals surface area contributed by atoms with Gasteiger partial charge in [0.2, 0.25) is 15.9 Å². The smallest absolute Gasteiger partial charge is 0.475 e. The van der Waals surface area contributed by atoms with E-state index in [9.17, 15) is 36.3 Å². The third-order valence-corrected chi connectivity index (χ3v) is 6.54. The van der Waals surface area contributed by atoms with Crippen LogP contribution in [0.2, 0.25) is 0 Å². The molecule has 1 amide bonds. The SMILES string of the molecule is NCC(O)CC(=O)N1CCN(S(=O)(=O)c2ccc3[nH]c(=O)[nH]c3c2)CC1.O=C(O)C(F)(F)F. The van der Waals surface area contributed by atoms with Gasteiger partial charge in [0, 0.05) is 32.7 Å². The summed E-state index contributed by atoms with van der Waals surface area (Å²) in [4.78, 5) is 39.0. The van der Waals surface area contributed by atoms with Crippen LogP contribution in [0.1, 0.15) is 6.42 Å². The summed E-state index contributed by atoms with van der Waals surface area (Å²) in [6.07, 6.45) is -6.04. The van der Waals surface area contributed by atoms with Crippen LogP contribution >= 0.6 is 0 Å². The number of amides is 1. The minimum atomic E-state index is -5.08. The summed E-state index contributed by atoms with van der Waals surface area (Å²) in [6.45, 7) is 0.823. The van der Waals surface area contributed by atoms with E-state index in [1.807, 2.05) is 0 Å². The number of rotatable bonds is 5. The number of nitrogens with one attached hydrogen (secondary N) is 2. The number of sulfonamides is 1. The normalized spacial score (nSPS) is 16.2. The van der Waals surface area contributed by atoms with Crippen LogP contribution in [0.25, 0.3) is 11.0 Å². The van der Waals surface area contributed by atoms with Crippen molar-refractivity contribution in [1.82, 2.24) is 19.2 Å². The first-order chi connectivity index (χ1) is 15.3. The number of nitrogens with zero attached hydrogens (tertiary/aromatic N) is 2. The summed E-state index contributed by atoms with van der Waals surface area (Å²) in [7, 11) is -3.73. The third-order valence-electron chi connectivity index (χ3n) is 4.64. The zero-order valence-electron chi connectivity index (χ0n) is 17.0. The number of halogens is 3. The Labute approximate surface area is 184 Å². The van der Waals surface area contributed by atoms with Gasteiger partial charge in [-0.3, -0.25) is 4.79 Å². The lowest BCUT2D eigenvalue weighted by Crippen LogP contribution is -2.51. The van der Waals surface area contributed by atoms with E-state index < -0.39 is 34.0 Å². The van der Waals surface area contributed by atoms with Gasteiger partial charge in [-0.05, 0) is 18.2 Å². The number of alkyl halides is 3. The van der Waals surface area contributed by atoms with E-state index in [0.29, 0.717) is 11.0 Å². The zero-order chi connectivity index (χ0) is 25.0. The van der Waals surface area contributed by atoms with Crippen molar-refractivity contribution in [3.63, 3.8) is 0 Å². The molecule has 0 aliphatic carbocycles. The second-order valence-corrected chi connectivity index (χ2v) is 8.91. The van der Waals surface area contributed by atoms with Crippen LogP contribution in [0.5, 0.6) is 0 Å². The molecule has 2 heterocycles. The Balaban J connectivity index is 0.000000479. The molecule has 1 fully saturated rings. The maximum absolute atomic E-state index is 12.8. The minimum Gasteiger partial charge on any atom is -0.475 e. The molecule has 6 N–H and O–H groups in total. The average Bonchev–Trinajstić information content (AvgIpc) is 3.12. The maximum atomic E-state index is 12.8. The van der Waals surface area contributed by atoms with Gasteiger partial charge in [-0.25, -0.2) is 18.0 Å². The summed E-state index contributed by atoms with van der Waals surface area (Å²) >= 11 is 0. The number of carboxylic acids is 1. The van der Waals surface area contributed by atoms with Crippen molar-refractivity contribution in [2.24, 2.45) is 5.73 Å². The lowest BCUT2D eigenvalue weighted by molar-refractivity contribution is -0.192. The second-order valence-electron chi connectivity index (χ2n) is 6.97. The highest BCUT2D eigenvalue weighted by atomic mass is 32.2. The summed E-state index contributed by atoms with van der Waals surface area (Å²) < 4.78 is 58.6. The first-order valence-corrected chi connectivity index (χ1v) is 10.9. The number of aliphatic carboxylic acids is 1. The van der Waals surface area contributed by atoms with Gasteiger partial charge in [0.1, 0.15) is 0 Å². The Morgan fingerprint density at radius 1 is 1.12 bits per heavy atom. The van der Waals surface area contributed by atoms with E-state index in [1.54, 1.807) is 0 Å². The largest absolute Gasteiger partial charge is 0.490 e. The van der Waals surface area contributed by atoms with Crippen LogP contribution in [0.15, 0.2) is 27.9 Å². The summed E-state index contributed by atoms with van der Waals surface area (Å²) in [5, 5.41) is 16.6. The topological polar surface area (TPSA) is 190 Å². The van der Waals surface area contributed by atoms with Crippen molar-refractivity contribution in [2.45, 2.75) is 23.6 Å². The number of piperazine rings is 1. The monoisotopic (exact) mass is 497 g/mol. The number of nitrogens with two attached hydrogens (primary N) is 1. The molecule has 0 radical (unpaired) electrons. The first kappa shape index (κ1) is 26.3. The summed E-state index contributed by atoms with van der Waals surface area (Å²) in [6, 6.07) is 4.39. The Morgan fingerprint density at radius 2 is 1.67 bits per heavy atom. The highest BCUT2D eigenvalue weighted by Crippen LogP contribution is 2.21. The molecule has 1 atom stereocenters. The highest BCUT2D eigenvalue weighted by Gasteiger charge is 2.38. The number of H-pyrrole nitrogens is 2. The Morgan fingerprint density at radius 3 is 2.18 bits per heavy atom. The predicted molar refractivity (Wildman–Crippen MR) is 108 cm³/mol.